The second-order valence-electron chi connectivity index (χ2n) is 8.13. The van der Waals surface area contributed by atoms with E-state index < -0.39 is 0 Å². The Bertz CT molecular complexity index is 652. The van der Waals surface area contributed by atoms with Gasteiger partial charge < -0.3 is 20.0 Å². The van der Waals surface area contributed by atoms with E-state index >= 15 is 0 Å². The van der Waals surface area contributed by atoms with Crippen LogP contribution in [0.4, 0.5) is 5.82 Å². The lowest BCUT2D eigenvalue weighted by Gasteiger charge is -2.37. The Morgan fingerprint density at radius 2 is 1.83 bits per heavy atom. The lowest BCUT2D eigenvalue weighted by Crippen LogP contribution is -2.51. The number of anilines is 1. The zero-order valence-corrected chi connectivity index (χ0v) is 20.2. The molecule has 0 aliphatic carbocycles. The molecule has 1 aromatic heterocycles. The van der Waals surface area contributed by atoms with Crippen LogP contribution in [-0.4, -0.2) is 79.5 Å². The topological polar surface area (TPSA) is 64.1 Å². The molecule has 1 N–H and O–H groups in total. The Balaban J connectivity index is 0.00000300. The number of aliphatic imine (C=N–C) groups is 1. The van der Waals surface area contributed by atoms with Gasteiger partial charge in [0.2, 0.25) is 5.91 Å². The van der Waals surface area contributed by atoms with Gasteiger partial charge in [-0.05, 0) is 30.4 Å². The van der Waals surface area contributed by atoms with Crippen LogP contribution in [0, 0.1) is 11.8 Å². The number of carbonyl (C=O) groups excluding carboxylic acids is 1. The van der Waals surface area contributed by atoms with E-state index in [-0.39, 0.29) is 29.9 Å². The second kappa shape index (κ2) is 11.6. The highest BCUT2D eigenvalue weighted by atomic mass is 127. The first-order valence-electron chi connectivity index (χ1n) is 10.5. The first kappa shape index (κ1) is 23.7. The molecule has 2 fully saturated rings. The van der Waals surface area contributed by atoms with Crippen molar-refractivity contribution in [1.82, 2.24) is 20.1 Å². The van der Waals surface area contributed by atoms with E-state index in [1.807, 2.05) is 36.3 Å². The van der Waals surface area contributed by atoms with Gasteiger partial charge in [0.25, 0.3) is 0 Å². The van der Waals surface area contributed by atoms with Gasteiger partial charge in [-0.2, -0.15) is 0 Å². The largest absolute Gasteiger partial charge is 0.356 e. The molecule has 29 heavy (non-hydrogen) atoms. The zero-order chi connectivity index (χ0) is 19.9. The highest BCUT2D eigenvalue weighted by Gasteiger charge is 2.25. The molecule has 2 unspecified atom stereocenters. The predicted molar refractivity (Wildman–Crippen MR) is 129 cm³/mol. The summed E-state index contributed by atoms with van der Waals surface area (Å²) in [6.45, 7) is 10.5. The second-order valence-corrected chi connectivity index (χ2v) is 8.13. The van der Waals surface area contributed by atoms with Crippen LogP contribution in [0.3, 0.4) is 0 Å². The van der Waals surface area contributed by atoms with Gasteiger partial charge >= 0.3 is 0 Å². The number of likely N-dealkylation sites (tertiary alicyclic amines) is 1. The number of carbonyl (C=O) groups is 1. The van der Waals surface area contributed by atoms with Crippen LogP contribution in [0.5, 0.6) is 0 Å². The average Bonchev–Trinajstić information content (AvgIpc) is 2.71. The van der Waals surface area contributed by atoms with Crippen molar-refractivity contribution in [1.29, 1.82) is 0 Å². The molecule has 2 aliphatic rings. The van der Waals surface area contributed by atoms with Crippen LogP contribution in [0.1, 0.15) is 26.7 Å². The van der Waals surface area contributed by atoms with E-state index in [0.29, 0.717) is 24.8 Å². The van der Waals surface area contributed by atoms with E-state index in [4.69, 9.17) is 0 Å². The maximum absolute atomic E-state index is 12.6. The molecule has 1 aromatic rings. The Hall–Kier alpha value is -1.58. The smallest absolute Gasteiger partial charge is 0.224 e. The molecule has 3 heterocycles. The highest BCUT2D eigenvalue weighted by molar-refractivity contribution is 14.0. The van der Waals surface area contributed by atoms with Crippen molar-refractivity contribution in [2.45, 2.75) is 26.7 Å². The van der Waals surface area contributed by atoms with Crippen LogP contribution in [0.15, 0.2) is 29.4 Å². The molecule has 0 bridgehead atoms. The molecule has 0 aromatic carbocycles. The van der Waals surface area contributed by atoms with Gasteiger partial charge in [0, 0.05) is 65.5 Å². The highest BCUT2D eigenvalue weighted by Crippen LogP contribution is 2.20. The van der Waals surface area contributed by atoms with Gasteiger partial charge in [-0.3, -0.25) is 9.79 Å². The van der Waals surface area contributed by atoms with E-state index in [2.05, 4.69) is 38.9 Å². The number of pyridine rings is 1. The van der Waals surface area contributed by atoms with Crippen LogP contribution in [0.25, 0.3) is 0 Å². The summed E-state index contributed by atoms with van der Waals surface area (Å²) in [6, 6.07) is 5.95. The van der Waals surface area contributed by atoms with Crippen molar-refractivity contribution in [3.05, 3.63) is 24.4 Å². The monoisotopic (exact) mass is 514 g/mol. The summed E-state index contributed by atoms with van der Waals surface area (Å²) >= 11 is 0. The molecule has 7 nitrogen and oxygen atoms in total. The molecule has 0 radical (unpaired) electrons. The zero-order valence-electron chi connectivity index (χ0n) is 17.9. The average molecular weight is 514 g/mol. The Morgan fingerprint density at radius 1 is 1.14 bits per heavy atom. The Labute approximate surface area is 192 Å². The number of nitrogens with one attached hydrogen (secondary N) is 1. The van der Waals surface area contributed by atoms with Crippen LogP contribution >= 0.6 is 24.0 Å². The Kier molecular flexibility index (Phi) is 9.45. The number of guanidine groups is 1. The van der Waals surface area contributed by atoms with Crippen molar-refractivity contribution in [3.8, 4) is 0 Å². The third-order valence-electron chi connectivity index (χ3n) is 5.61. The van der Waals surface area contributed by atoms with E-state index in [0.717, 1.165) is 51.0 Å². The minimum atomic E-state index is 0. The van der Waals surface area contributed by atoms with Crippen molar-refractivity contribution in [2.75, 3.05) is 57.8 Å². The maximum Gasteiger partial charge on any atom is 0.224 e. The number of amides is 1. The summed E-state index contributed by atoms with van der Waals surface area (Å²) in [4.78, 5) is 28.0. The van der Waals surface area contributed by atoms with E-state index in [1.54, 1.807) is 0 Å². The first-order chi connectivity index (χ1) is 13.6. The lowest BCUT2D eigenvalue weighted by molar-refractivity contribution is -0.131. The molecule has 2 saturated heterocycles. The van der Waals surface area contributed by atoms with Crippen LogP contribution < -0.4 is 10.2 Å². The number of halogens is 1. The molecule has 1 amide bonds. The normalized spacial score (nSPS) is 22.9. The molecule has 2 aliphatic heterocycles. The van der Waals surface area contributed by atoms with Crippen molar-refractivity contribution in [2.24, 2.45) is 16.8 Å². The number of piperidine rings is 1. The number of aromatic nitrogens is 1. The van der Waals surface area contributed by atoms with Crippen molar-refractivity contribution in [3.63, 3.8) is 0 Å². The van der Waals surface area contributed by atoms with Crippen LogP contribution in [0.2, 0.25) is 0 Å². The minimum Gasteiger partial charge on any atom is -0.356 e. The molecule has 3 rings (SSSR count). The molecule has 0 spiro atoms. The third kappa shape index (κ3) is 6.72. The van der Waals surface area contributed by atoms with Crippen molar-refractivity contribution < 1.29 is 4.79 Å². The molecular weight excluding hydrogens is 479 g/mol. The fourth-order valence-corrected chi connectivity index (χ4v) is 4.33. The van der Waals surface area contributed by atoms with Gasteiger partial charge in [0.05, 0.1) is 0 Å². The summed E-state index contributed by atoms with van der Waals surface area (Å²) in [5.41, 5.74) is 0. The number of hydrogen-bond acceptors (Lipinski definition) is 4. The molecule has 8 heteroatoms. The lowest BCUT2D eigenvalue weighted by atomic mass is 9.92. The third-order valence-corrected chi connectivity index (χ3v) is 5.61. The summed E-state index contributed by atoms with van der Waals surface area (Å²) in [7, 11) is 1.82. The summed E-state index contributed by atoms with van der Waals surface area (Å²) < 4.78 is 0. The van der Waals surface area contributed by atoms with E-state index in [9.17, 15) is 4.79 Å². The SMILES string of the molecule is CN=C(NCCC(=O)N1CCN(c2ccccn2)CC1)N1CC(C)CC(C)C1.I. The molecule has 162 valence electrons. The van der Waals surface area contributed by atoms with Crippen molar-refractivity contribution >= 4 is 41.7 Å². The van der Waals surface area contributed by atoms with Gasteiger partial charge in [-0.25, -0.2) is 4.98 Å². The van der Waals surface area contributed by atoms with Gasteiger partial charge in [-0.15, -0.1) is 24.0 Å². The number of rotatable bonds is 4. The van der Waals surface area contributed by atoms with Crippen LogP contribution in [-0.2, 0) is 4.79 Å². The maximum atomic E-state index is 12.6. The fraction of sp³-hybridized carbons (Fsp3) is 0.667. The minimum absolute atomic E-state index is 0. The van der Waals surface area contributed by atoms with Gasteiger partial charge in [0.1, 0.15) is 5.82 Å². The van der Waals surface area contributed by atoms with Gasteiger partial charge in [-0.1, -0.05) is 19.9 Å². The predicted octanol–water partition coefficient (Wildman–Crippen LogP) is 2.29. The fourth-order valence-electron chi connectivity index (χ4n) is 4.33. The number of nitrogens with zero attached hydrogens (tertiary/aromatic N) is 5. The number of hydrogen-bond donors (Lipinski definition) is 1. The van der Waals surface area contributed by atoms with E-state index in [1.165, 1.54) is 6.42 Å². The molecule has 0 saturated carbocycles. The summed E-state index contributed by atoms with van der Waals surface area (Å²) in [5.74, 6) is 3.49. The molecule has 2 atom stereocenters. The van der Waals surface area contributed by atoms with Gasteiger partial charge in [0.15, 0.2) is 5.96 Å². The number of piperazine rings is 1. The first-order valence-corrected chi connectivity index (χ1v) is 10.5. The quantitative estimate of drug-likeness (QED) is 0.380. The Morgan fingerprint density at radius 3 is 2.41 bits per heavy atom. The summed E-state index contributed by atoms with van der Waals surface area (Å²) in [5, 5.41) is 3.39. The standard InChI is InChI=1S/C21H34N6O.HI/c1-17-14-18(2)16-27(15-17)21(22-3)24-9-7-20(28)26-12-10-25(11-13-26)19-6-4-5-8-23-19;/h4-6,8,17-18H,7,9-16H2,1-3H3,(H,22,24);1H. The summed E-state index contributed by atoms with van der Waals surface area (Å²) in [6.07, 6.45) is 3.59. The molecular formula is C21H35IN6O.